The first-order valence-electron chi connectivity index (χ1n) is 7.95. The highest BCUT2D eigenvalue weighted by molar-refractivity contribution is 5.90. The first kappa shape index (κ1) is 15.3. The average molecular weight is 336 g/mol. The standard InChI is InChI=1S/C19H16N2O4/c22-19(15-4-7-17-18(12-15)24-11-10-23-17)25-13-14-2-5-16(6-3-14)21-9-1-8-20-21/h1-9,12H,10-11,13H2. The molecule has 0 N–H and O–H groups in total. The fourth-order valence-corrected chi connectivity index (χ4v) is 2.57. The van der Waals surface area contributed by atoms with Crippen LogP contribution in [-0.4, -0.2) is 29.0 Å². The lowest BCUT2D eigenvalue weighted by Gasteiger charge is -2.18. The van der Waals surface area contributed by atoms with Gasteiger partial charge in [0.1, 0.15) is 19.8 Å². The number of nitrogens with zero attached hydrogens (tertiary/aromatic N) is 2. The fourth-order valence-electron chi connectivity index (χ4n) is 2.57. The van der Waals surface area contributed by atoms with Crippen molar-refractivity contribution in [2.75, 3.05) is 13.2 Å². The largest absolute Gasteiger partial charge is 0.486 e. The minimum atomic E-state index is -0.395. The molecule has 4 rings (SSSR count). The second kappa shape index (κ2) is 6.68. The number of hydrogen-bond donors (Lipinski definition) is 0. The van der Waals surface area contributed by atoms with Gasteiger partial charge in [-0.25, -0.2) is 9.48 Å². The quantitative estimate of drug-likeness (QED) is 0.686. The van der Waals surface area contributed by atoms with E-state index in [0.717, 1.165) is 11.3 Å². The zero-order valence-corrected chi connectivity index (χ0v) is 13.4. The highest BCUT2D eigenvalue weighted by Gasteiger charge is 2.15. The van der Waals surface area contributed by atoms with Crippen LogP contribution in [-0.2, 0) is 11.3 Å². The summed E-state index contributed by atoms with van der Waals surface area (Å²) < 4.78 is 18.1. The second-order valence-electron chi connectivity index (χ2n) is 5.55. The molecule has 2 heterocycles. The molecule has 0 saturated heterocycles. The summed E-state index contributed by atoms with van der Waals surface area (Å²) in [4.78, 5) is 12.2. The summed E-state index contributed by atoms with van der Waals surface area (Å²) in [6, 6.07) is 14.6. The predicted octanol–water partition coefficient (Wildman–Crippen LogP) is 3.00. The highest BCUT2D eigenvalue weighted by atomic mass is 16.6. The van der Waals surface area contributed by atoms with Gasteiger partial charge in [-0.2, -0.15) is 5.10 Å². The van der Waals surface area contributed by atoms with E-state index in [-0.39, 0.29) is 6.61 Å². The van der Waals surface area contributed by atoms with E-state index in [4.69, 9.17) is 14.2 Å². The number of fused-ring (bicyclic) bond motifs is 1. The van der Waals surface area contributed by atoms with Gasteiger partial charge < -0.3 is 14.2 Å². The van der Waals surface area contributed by atoms with Crippen molar-refractivity contribution < 1.29 is 19.0 Å². The SMILES string of the molecule is O=C(OCc1ccc(-n2cccn2)cc1)c1ccc2c(c1)OCCO2. The Bertz CT molecular complexity index is 873. The van der Waals surface area contributed by atoms with E-state index in [9.17, 15) is 4.79 Å². The molecule has 126 valence electrons. The number of benzene rings is 2. The molecule has 1 aliphatic heterocycles. The van der Waals surface area contributed by atoms with Crippen molar-refractivity contribution in [2.24, 2.45) is 0 Å². The van der Waals surface area contributed by atoms with Crippen molar-refractivity contribution in [2.45, 2.75) is 6.61 Å². The monoisotopic (exact) mass is 336 g/mol. The summed E-state index contributed by atoms with van der Waals surface area (Å²) >= 11 is 0. The van der Waals surface area contributed by atoms with Crippen LogP contribution < -0.4 is 9.47 Å². The van der Waals surface area contributed by atoms with Gasteiger partial charge in [0.2, 0.25) is 0 Å². The number of carbonyl (C=O) groups is 1. The molecular formula is C19H16N2O4. The molecule has 0 fully saturated rings. The van der Waals surface area contributed by atoms with Crippen molar-refractivity contribution in [3.05, 3.63) is 72.1 Å². The summed E-state index contributed by atoms with van der Waals surface area (Å²) in [7, 11) is 0. The number of hydrogen-bond acceptors (Lipinski definition) is 5. The number of rotatable bonds is 4. The van der Waals surface area contributed by atoms with E-state index < -0.39 is 5.97 Å². The third kappa shape index (κ3) is 3.33. The van der Waals surface area contributed by atoms with E-state index in [1.54, 1.807) is 29.1 Å². The lowest BCUT2D eigenvalue weighted by atomic mass is 10.2. The van der Waals surface area contributed by atoms with E-state index in [2.05, 4.69) is 5.10 Å². The van der Waals surface area contributed by atoms with Crippen LogP contribution in [0.4, 0.5) is 0 Å². The van der Waals surface area contributed by atoms with Crippen LogP contribution in [0.25, 0.3) is 5.69 Å². The van der Waals surface area contributed by atoms with E-state index in [1.165, 1.54) is 0 Å². The Morgan fingerprint density at radius 3 is 2.64 bits per heavy atom. The van der Waals surface area contributed by atoms with Gasteiger partial charge in [-0.05, 0) is 42.0 Å². The van der Waals surface area contributed by atoms with E-state index in [0.29, 0.717) is 30.3 Å². The van der Waals surface area contributed by atoms with Gasteiger partial charge in [0.15, 0.2) is 11.5 Å². The number of ether oxygens (including phenoxy) is 3. The highest BCUT2D eigenvalue weighted by Crippen LogP contribution is 2.31. The van der Waals surface area contributed by atoms with Crippen molar-refractivity contribution in [3.8, 4) is 17.2 Å². The molecule has 0 bridgehead atoms. The predicted molar refractivity (Wildman–Crippen MR) is 90.1 cm³/mol. The Hall–Kier alpha value is -3.28. The van der Waals surface area contributed by atoms with Gasteiger partial charge in [-0.1, -0.05) is 12.1 Å². The molecule has 0 saturated carbocycles. The molecule has 2 aromatic carbocycles. The molecule has 0 radical (unpaired) electrons. The molecule has 6 nitrogen and oxygen atoms in total. The van der Waals surface area contributed by atoms with Gasteiger partial charge in [0.25, 0.3) is 0 Å². The Morgan fingerprint density at radius 1 is 1.08 bits per heavy atom. The second-order valence-corrected chi connectivity index (χ2v) is 5.55. The van der Waals surface area contributed by atoms with Crippen LogP contribution in [0.1, 0.15) is 15.9 Å². The summed E-state index contributed by atoms with van der Waals surface area (Å²) in [6.45, 7) is 1.20. The Balaban J connectivity index is 1.40. The van der Waals surface area contributed by atoms with Crippen LogP contribution >= 0.6 is 0 Å². The average Bonchev–Trinajstić information content (AvgIpc) is 3.21. The van der Waals surface area contributed by atoms with Crippen LogP contribution in [0.3, 0.4) is 0 Å². The fraction of sp³-hybridized carbons (Fsp3) is 0.158. The molecule has 25 heavy (non-hydrogen) atoms. The Kier molecular flexibility index (Phi) is 4.08. The third-order valence-corrected chi connectivity index (χ3v) is 3.85. The molecular weight excluding hydrogens is 320 g/mol. The van der Waals surface area contributed by atoms with Crippen molar-refractivity contribution in [1.29, 1.82) is 0 Å². The van der Waals surface area contributed by atoms with Crippen LogP contribution in [0.5, 0.6) is 11.5 Å². The van der Waals surface area contributed by atoms with Crippen LogP contribution in [0, 0.1) is 0 Å². The topological polar surface area (TPSA) is 62.6 Å². The van der Waals surface area contributed by atoms with Crippen LogP contribution in [0.2, 0.25) is 0 Å². The number of aromatic nitrogens is 2. The van der Waals surface area contributed by atoms with Gasteiger partial charge >= 0.3 is 5.97 Å². The van der Waals surface area contributed by atoms with Crippen molar-refractivity contribution in [1.82, 2.24) is 9.78 Å². The molecule has 1 aromatic heterocycles. The third-order valence-electron chi connectivity index (χ3n) is 3.85. The van der Waals surface area contributed by atoms with Gasteiger partial charge in [0.05, 0.1) is 11.3 Å². The maximum absolute atomic E-state index is 12.2. The summed E-state index contributed by atoms with van der Waals surface area (Å²) in [5.41, 5.74) is 2.30. The maximum Gasteiger partial charge on any atom is 0.338 e. The molecule has 0 atom stereocenters. The minimum absolute atomic E-state index is 0.201. The molecule has 1 aliphatic rings. The Labute approximate surface area is 144 Å². The zero-order valence-electron chi connectivity index (χ0n) is 13.4. The number of carbonyl (C=O) groups excluding carboxylic acids is 1. The maximum atomic E-state index is 12.2. The van der Waals surface area contributed by atoms with Gasteiger partial charge in [-0.15, -0.1) is 0 Å². The summed E-state index contributed by atoms with van der Waals surface area (Å²) in [5, 5.41) is 4.17. The van der Waals surface area contributed by atoms with E-state index in [1.807, 2.05) is 36.5 Å². The smallest absolute Gasteiger partial charge is 0.338 e. The normalized spacial score (nSPS) is 12.6. The first-order valence-corrected chi connectivity index (χ1v) is 7.95. The summed E-state index contributed by atoms with van der Waals surface area (Å²) in [6.07, 6.45) is 3.60. The molecule has 0 amide bonds. The van der Waals surface area contributed by atoms with Crippen molar-refractivity contribution >= 4 is 5.97 Å². The first-order chi connectivity index (χ1) is 12.3. The molecule has 0 unspecified atom stereocenters. The van der Waals surface area contributed by atoms with Gasteiger partial charge in [0, 0.05) is 12.4 Å². The molecule has 6 heteroatoms. The molecule has 0 aliphatic carbocycles. The Morgan fingerprint density at radius 2 is 1.88 bits per heavy atom. The lowest BCUT2D eigenvalue weighted by Crippen LogP contribution is -2.16. The summed E-state index contributed by atoms with van der Waals surface area (Å²) in [5.74, 6) is 0.828. The van der Waals surface area contributed by atoms with E-state index >= 15 is 0 Å². The van der Waals surface area contributed by atoms with Crippen LogP contribution in [0.15, 0.2) is 60.9 Å². The lowest BCUT2D eigenvalue weighted by molar-refractivity contribution is 0.0471. The van der Waals surface area contributed by atoms with Gasteiger partial charge in [-0.3, -0.25) is 0 Å². The minimum Gasteiger partial charge on any atom is -0.486 e. The van der Waals surface area contributed by atoms with Crippen molar-refractivity contribution in [3.63, 3.8) is 0 Å². The number of esters is 1. The molecule has 3 aromatic rings. The molecule has 0 spiro atoms. The zero-order chi connectivity index (χ0) is 17.1.